The molecule has 5 heteroatoms. The van der Waals surface area contributed by atoms with E-state index in [2.05, 4.69) is 43.2 Å². The lowest BCUT2D eigenvalue weighted by atomic mass is 9.77. The average molecular weight is 297 g/mol. The van der Waals surface area contributed by atoms with Crippen LogP contribution < -0.4 is 5.32 Å². The largest absolute Gasteiger partial charge is 0.339 e. The maximum Gasteiger partial charge on any atom is 0.234 e. The molecule has 2 rings (SSSR count). The molecule has 1 aromatic rings. The topological polar surface area (TPSA) is 51.0 Å². The van der Waals surface area contributed by atoms with Gasteiger partial charge in [-0.25, -0.2) is 0 Å². The predicted molar refractivity (Wildman–Crippen MR) is 84.0 cm³/mol. The maximum atomic E-state index is 5.61. The molecule has 1 aliphatic heterocycles. The van der Waals surface area contributed by atoms with Crippen LogP contribution >= 0.6 is 11.8 Å². The maximum absolute atomic E-state index is 5.61. The molecule has 1 saturated heterocycles. The van der Waals surface area contributed by atoms with E-state index in [1.807, 2.05) is 11.8 Å². The monoisotopic (exact) mass is 297 g/mol. The number of rotatable bonds is 5. The first-order valence-electron chi connectivity index (χ1n) is 7.63. The second kappa shape index (κ2) is 6.48. The van der Waals surface area contributed by atoms with Crippen molar-refractivity contribution in [1.82, 2.24) is 15.5 Å². The van der Waals surface area contributed by atoms with Crippen LogP contribution in [0.5, 0.6) is 0 Å². The third-order valence-corrected chi connectivity index (χ3v) is 5.03. The van der Waals surface area contributed by atoms with Crippen LogP contribution in [-0.2, 0) is 11.2 Å². The number of piperidine rings is 1. The van der Waals surface area contributed by atoms with Gasteiger partial charge in [0, 0.05) is 11.3 Å². The van der Waals surface area contributed by atoms with Crippen molar-refractivity contribution in [1.29, 1.82) is 0 Å². The molecule has 0 bridgehead atoms. The molecule has 4 nitrogen and oxygen atoms in total. The third kappa shape index (κ3) is 3.98. The van der Waals surface area contributed by atoms with Gasteiger partial charge < -0.3 is 9.84 Å². The molecule has 20 heavy (non-hydrogen) atoms. The SMILES string of the molecule is CCCC1(c2nc(CSC(C)(C)C)no2)CCCNC1. The van der Waals surface area contributed by atoms with E-state index >= 15 is 0 Å². The summed E-state index contributed by atoms with van der Waals surface area (Å²) in [6.07, 6.45) is 4.61. The van der Waals surface area contributed by atoms with Gasteiger partial charge >= 0.3 is 0 Å². The van der Waals surface area contributed by atoms with Crippen molar-refractivity contribution < 1.29 is 4.52 Å². The molecule has 1 N–H and O–H groups in total. The van der Waals surface area contributed by atoms with E-state index < -0.39 is 0 Å². The highest BCUT2D eigenvalue weighted by molar-refractivity contribution is 7.99. The van der Waals surface area contributed by atoms with Crippen molar-refractivity contribution in [3.8, 4) is 0 Å². The van der Waals surface area contributed by atoms with Gasteiger partial charge in [-0.1, -0.05) is 39.3 Å². The fourth-order valence-corrected chi connectivity index (χ4v) is 3.44. The second-order valence-corrected chi connectivity index (χ2v) is 8.53. The molecule has 1 atom stereocenters. The predicted octanol–water partition coefficient (Wildman–Crippen LogP) is 3.52. The Morgan fingerprint density at radius 2 is 2.20 bits per heavy atom. The third-order valence-electron chi connectivity index (χ3n) is 3.76. The molecule has 1 aliphatic rings. The minimum atomic E-state index is 0.0602. The van der Waals surface area contributed by atoms with Gasteiger partial charge in [-0.05, 0) is 25.8 Å². The van der Waals surface area contributed by atoms with Crippen molar-refractivity contribution >= 4 is 11.8 Å². The Balaban J connectivity index is 2.08. The smallest absolute Gasteiger partial charge is 0.234 e. The summed E-state index contributed by atoms with van der Waals surface area (Å²) in [5.74, 6) is 2.50. The van der Waals surface area contributed by atoms with Gasteiger partial charge in [0.15, 0.2) is 5.82 Å². The van der Waals surface area contributed by atoms with Crippen LogP contribution in [-0.4, -0.2) is 28.0 Å². The van der Waals surface area contributed by atoms with E-state index in [0.717, 1.165) is 49.8 Å². The highest BCUT2D eigenvalue weighted by Crippen LogP contribution is 2.35. The normalized spacial score (nSPS) is 24.0. The minimum Gasteiger partial charge on any atom is -0.339 e. The lowest BCUT2D eigenvalue weighted by Crippen LogP contribution is -2.43. The average Bonchev–Trinajstić information content (AvgIpc) is 2.86. The number of nitrogens with zero attached hydrogens (tertiary/aromatic N) is 2. The quantitative estimate of drug-likeness (QED) is 0.901. The Morgan fingerprint density at radius 1 is 1.40 bits per heavy atom. The zero-order valence-electron chi connectivity index (χ0n) is 13.2. The zero-order chi connectivity index (χ0) is 14.6. The van der Waals surface area contributed by atoms with Crippen LogP contribution in [0.3, 0.4) is 0 Å². The first-order chi connectivity index (χ1) is 9.45. The number of aromatic nitrogens is 2. The second-order valence-electron chi connectivity index (χ2n) is 6.73. The van der Waals surface area contributed by atoms with Gasteiger partial charge in [-0.3, -0.25) is 0 Å². The van der Waals surface area contributed by atoms with E-state index in [1.165, 1.54) is 6.42 Å². The zero-order valence-corrected chi connectivity index (χ0v) is 14.0. The fraction of sp³-hybridized carbons (Fsp3) is 0.867. The summed E-state index contributed by atoms with van der Waals surface area (Å²) >= 11 is 1.86. The summed E-state index contributed by atoms with van der Waals surface area (Å²) in [4.78, 5) is 4.69. The van der Waals surface area contributed by atoms with E-state index in [-0.39, 0.29) is 10.2 Å². The minimum absolute atomic E-state index is 0.0602. The molecule has 0 saturated carbocycles. The Morgan fingerprint density at radius 3 is 2.80 bits per heavy atom. The Hall–Kier alpha value is -0.550. The molecule has 0 aliphatic carbocycles. The van der Waals surface area contributed by atoms with Crippen LogP contribution in [0.15, 0.2) is 4.52 Å². The van der Waals surface area contributed by atoms with Gasteiger partial charge in [-0.15, -0.1) is 11.8 Å². The molecule has 0 spiro atoms. The standard InChI is InChI=1S/C15H27N3OS/c1-5-7-15(8-6-9-16-11-15)13-17-12(18-19-13)10-20-14(2,3)4/h16H,5-11H2,1-4H3. The molecule has 1 unspecified atom stereocenters. The van der Waals surface area contributed by atoms with E-state index in [9.17, 15) is 0 Å². The molecular weight excluding hydrogens is 270 g/mol. The van der Waals surface area contributed by atoms with E-state index in [0.29, 0.717) is 0 Å². The number of thioether (sulfide) groups is 1. The molecule has 114 valence electrons. The number of nitrogens with one attached hydrogen (secondary N) is 1. The molecule has 1 aromatic heterocycles. The number of hydrogen-bond donors (Lipinski definition) is 1. The van der Waals surface area contributed by atoms with Gasteiger partial charge in [0.25, 0.3) is 0 Å². The summed E-state index contributed by atoms with van der Waals surface area (Å²) in [6, 6.07) is 0. The Bertz CT molecular complexity index is 413. The van der Waals surface area contributed by atoms with Crippen LogP contribution in [0, 0.1) is 0 Å². The van der Waals surface area contributed by atoms with Crippen molar-refractivity contribution in [2.24, 2.45) is 0 Å². The fourth-order valence-electron chi connectivity index (χ4n) is 2.76. The molecule has 1 fully saturated rings. The summed E-state index contributed by atoms with van der Waals surface area (Å²) in [6.45, 7) is 10.9. The number of hydrogen-bond acceptors (Lipinski definition) is 5. The van der Waals surface area contributed by atoms with Crippen molar-refractivity contribution in [2.75, 3.05) is 13.1 Å². The van der Waals surface area contributed by atoms with Crippen LogP contribution in [0.25, 0.3) is 0 Å². The molecule has 0 aromatic carbocycles. The Labute approximate surface area is 126 Å². The lowest BCUT2D eigenvalue weighted by Gasteiger charge is -2.34. The first-order valence-corrected chi connectivity index (χ1v) is 8.61. The molecule has 2 heterocycles. The Kier molecular flexibility index (Phi) is 5.13. The first kappa shape index (κ1) is 15.8. The summed E-state index contributed by atoms with van der Waals surface area (Å²) in [5, 5.41) is 7.68. The summed E-state index contributed by atoms with van der Waals surface area (Å²) < 4.78 is 5.84. The van der Waals surface area contributed by atoms with E-state index in [1.54, 1.807) is 0 Å². The lowest BCUT2D eigenvalue weighted by molar-refractivity contribution is 0.213. The highest BCUT2D eigenvalue weighted by atomic mass is 32.2. The van der Waals surface area contributed by atoms with Gasteiger partial charge in [0.1, 0.15) is 0 Å². The van der Waals surface area contributed by atoms with Crippen LogP contribution in [0.4, 0.5) is 0 Å². The van der Waals surface area contributed by atoms with Gasteiger partial charge in [0.05, 0.1) is 11.2 Å². The van der Waals surface area contributed by atoms with Crippen molar-refractivity contribution in [3.63, 3.8) is 0 Å². The molecule has 0 amide bonds. The van der Waals surface area contributed by atoms with Gasteiger partial charge in [0.2, 0.25) is 5.89 Å². The van der Waals surface area contributed by atoms with Crippen molar-refractivity contribution in [2.45, 2.75) is 69.3 Å². The van der Waals surface area contributed by atoms with Crippen molar-refractivity contribution in [3.05, 3.63) is 11.7 Å². The molecular formula is C15H27N3OS. The summed E-state index contributed by atoms with van der Waals surface area (Å²) in [5.41, 5.74) is 0.0602. The highest BCUT2D eigenvalue weighted by Gasteiger charge is 2.38. The molecule has 0 radical (unpaired) electrons. The van der Waals surface area contributed by atoms with Crippen LogP contribution in [0.2, 0.25) is 0 Å². The summed E-state index contributed by atoms with van der Waals surface area (Å²) in [7, 11) is 0. The van der Waals surface area contributed by atoms with E-state index in [4.69, 9.17) is 4.52 Å². The van der Waals surface area contributed by atoms with Gasteiger partial charge in [-0.2, -0.15) is 4.98 Å². The van der Waals surface area contributed by atoms with Crippen LogP contribution in [0.1, 0.15) is 65.1 Å².